The van der Waals surface area contributed by atoms with Crippen LogP contribution in [0.4, 0.5) is 19.0 Å². The maximum absolute atomic E-state index is 12.3. The molecule has 1 fully saturated rings. The number of imidazole rings is 1. The van der Waals surface area contributed by atoms with E-state index in [4.69, 9.17) is 10.5 Å². The summed E-state index contributed by atoms with van der Waals surface area (Å²) in [5, 5.41) is 20.0. The maximum Gasteiger partial charge on any atom is 0.523 e. The van der Waals surface area contributed by atoms with Crippen LogP contribution in [0, 0.1) is 0 Å². The molecule has 0 bridgehead atoms. The summed E-state index contributed by atoms with van der Waals surface area (Å²) in [6.07, 6.45) is -3.92. The second-order valence-electron chi connectivity index (χ2n) is 5.31. The lowest BCUT2D eigenvalue weighted by Gasteiger charge is -2.16. The summed E-state index contributed by atoms with van der Waals surface area (Å²) in [4.78, 5) is 11.6. The molecule has 1 aliphatic rings. The van der Waals surface area contributed by atoms with E-state index in [1.165, 1.54) is 10.9 Å². The number of aromatic nitrogens is 4. The van der Waals surface area contributed by atoms with Gasteiger partial charge in [-0.3, -0.25) is 8.75 Å². The van der Waals surface area contributed by atoms with Crippen molar-refractivity contribution in [1.82, 2.24) is 19.5 Å². The van der Waals surface area contributed by atoms with E-state index < -0.39 is 46.8 Å². The second kappa shape index (κ2) is 6.27. The van der Waals surface area contributed by atoms with Gasteiger partial charge in [-0.1, -0.05) is 0 Å². The summed E-state index contributed by atoms with van der Waals surface area (Å²) in [5.41, 5.74) is 0.315. The number of nitrogen functional groups attached to an aromatic ring is 1. The van der Waals surface area contributed by atoms with E-state index in [1.54, 1.807) is 0 Å². The molecule has 4 atom stereocenters. The molecule has 0 unspecified atom stereocenters. The average Bonchev–Trinajstić information content (AvgIpc) is 3.08. The molecule has 15 heteroatoms. The van der Waals surface area contributed by atoms with Crippen molar-refractivity contribution in [1.29, 1.82) is 0 Å². The van der Waals surface area contributed by atoms with Crippen molar-refractivity contribution >= 4 is 27.1 Å². The van der Waals surface area contributed by atoms with Crippen molar-refractivity contribution in [3.8, 4) is 0 Å². The highest BCUT2D eigenvalue weighted by molar-refractivity contribution is 7.87. The summed E-state index contributed by atoms with van der Waals surface area (Å²) in [6, 6.07) is 0. The Hall–Kier alpha value is -2.07. The second-order valence-corrected chi connectivity index (χ2v) is 6.92. The minimum Gasteiger partial charge on any atom is -0.387 e. The highest BCUT2D eigenvalue weighted by Crippen LogP contribution is 2.33. The SMILES string of the molecule is Nc1ncnc2c1ncn2[C@@H]1O[C@H](COS(=O)(=O)C(F)(F)F)[C@@H](O)[C@H]1O. The van der Waals surface area contributed by atoms with Gasteiger partial charge in [0.25, 0.3) is 0 Å². The molecule has 11 nitrogen and oxygen atoms in total. The fraction of sp³-hybridized carbons (Fsp3) is 0.545. The van der Waals surface area contributed by atoms with E-state index in [9.17, 15) is 31.8 Å². The van der Waals surface area contributed by atoms with Crippen LogP contribution >= 0.6 is 0 Å². The summed E-state index contributed by atoms with van der Waals surface area (Å²) in [5.74, 6) is 0.0398. The summed E-state index contributed by atoms with van der Waals surface area (Å²) in [6.45, 7) is -1.15. The van der Waals surface area contributed by atoms with E-state index in [0.29, 0.717) is 0 Å². The Morgan fingerprint density at radius 3 is 2.62 bits per heavy atom. The van der Waals surface area contributed by atoms with Crippen molar-refractivity contribution in [3.05, 3.63) is 12.7 Å². The smallest absolute Gasteiger partial charge is 0.387 e. The first kappa shape index (κ1) is 18.7. The molecule has 0 radical (unpaired) electrons. The van der Waals surface area contributed by atoms with Crippen molar-refractivity contribution in [2.24, 2.45) is 0 Å². The third kappa shape index (κ3) is 3.07. The van der Waals surface area contributed by atoms with Crippen LogP contribution in [0.1, 0.15) is 6.23 Å². The van der Waals surface area contributed by atoms with Crippen molar-refractivity contribution in [2.75, 3.05) is 12.3 Å². The normalized spacial score (nSPS) is 27.3. The number of anilines is 1. The molecule has 2 aromatic heterocycles. The van der Waals surface area contributed by atoms with Crippen molar-refractivity contribution in [2.45, 2.75) is 30.0 Å². The lowest BCUT2D eigenvalue weighted by molar-refractivity contribution is -0.0676. The van der Waals surface area contributed by atoms with Gasteiger partial charge in [0.2, 0.25) is 0 Å². The van der Waals surface area contributed by atoms with Crippen LogP contribution in [0.5, 0.6) is 0 Å². The van der Waals surface area contributed by atoms with Crippen LogP contribution in [-0.4, -0.2) is 68.6 Å². The number of halogens is 3. The molecule has 1 saturated heterocycles. The molecule has 3 rings (SSSR count). The van der Waals surface area contributed by atoms with E-state index in [2.05, 4.69) is 19.1 Å². The Bertz CT molecular complexity index is 919. The molecule has 2 aromatic rings. The van der Waals surface area contributed by atoms with Gasteiger partial charge in [0.15, 0.2) is 17.7 Å². The van der Waals surface area contributed by atoms with Crippen LogP contribution < -0.4 is 5.73 Å². The molecule has 1 aliphatic heterocycles. The Morgan fingerprint density at radius 1 is 1.27 bits per heavy atom. The van der Waals surface area contributed by atoms with E-state index >= 15 is 0 Å². The highest BCUT2D eigenvalue weighted by atomic mass is 32.2. The minimum atomic E-state index is -5.87. The molecule has 4 N–H and O–H groups in total. The molecule has 26 heavy (non-hydrogen) atoms. The summed E-state index contributed by atoms with van der Waals surface area (Å²) in [7, 11) is -5.87. The van der Waals surface area contributed by atoms with E-state index in [-0.39, 0.29) is 17.0 Å². The maximum atomic E-state index is 12.3. The number of aliphatic hydroxyl groups excluding tert-OH is 2. The highest BCUT2D eigenvalue weighted by Gasteiger charge is 2.50. The number of alkyl halides is 3. The monoisotopic (exact) mass is 399 g/mol. The quantitative estimate of drug-likeness (QED) is 0.424. The third-order valence-electron chi connectivity index (χ3n) is 3.67. The van der Waals surface area contributed by atoms with Gasteiger partial charge in [0, 0.05) is 0 Å². The van der Waals surface area contributed by atoms with Gasteiger partial charge >= 0.3 is 15.6 Å². The molecule has 0 saturated carbocycles. The van der Waals surface area contributed by atoms with Crippen molar-refractivity contribution < 1.29 is 40.7 Å². The molecule has 0 aromatic carbocycles. The van der Waals surface area contributed by atoms with Gasteiger partial charge in [-0.05, 0) is 0 Å². The lowest BCUT2D eigenvalue weighted by atomic mass is 10.1. The molecule has 0 amide bonds. The molecule has 144 valence electrons. The molecule has 3 heterocycles. The number of ether oxygens (including phenoxy) is 1. The average molecular weight is 399 g/mol. The van der Waals surface area contributed by atoms with Crippen LogP contribution in [0.3, 0.4) is 0 Å². The number of hydrogen-bond donors (Lipinski definition) is 3. The van der Waals surface area contributed by atoms with Gasteiger partial charge < -0.3 is 20.7 Å². The molecular formula is C11H12F3N5O6S. The number of rotatable bonds is 4. The van der Waals surface area contributed by atoms with Gasteiger partial charge in [0.05, 0.1) is 12.9 Å². The molecule has 0 spiro atoms. The summed E-state index contributed by atoms with van der Waals surface area (Å²) >= 11 is 0. The zero-order chi connectivity index (χ0) is 19.3. The van der Waals surface area contributed by atoms with E-state index in [1.807, 2.05) is 0 Å². The van der Waals surface area contributed by atoms with Crippen LogP contribution in [0.25, 0.3) is 11.2 Å². The largest absolute Gasteiger partial charge is 0.523 e. The van der Waals surface area contributed by atoms with Gasteiger partial charge in [-0.2, -0.15) is 21.6 Å². The number of aliphatic hydroxyl groups is 2. The standard InChI is InChI=1S/C11H12F3N5O6S/c12-11(13,14)26(22,23)24-1-4-6(20)7(21)10(25-4)19-3-18-5-8(15)16-2-17-9(5)19/h2-4,6-7,10,20-21H,1H2,(H2,15,16,17)/t4-,6-,7-,10-/m1/s1. The van der Waals surface area contributed by atoms with Gasteiger partial charge in [0.1, 0.15) is 30.2 Å². The van der Waals surface area contributed by atoms with Crippen molar-refractivity contribution in [3.63, 3.8) is 0 Å². The fourth-order valence-corrected chi connectivity index (χ4v) is 2.82. The lowest BCUT2D eigenvalue weighted by Crippen LogP contribution is -2.36. The number of nitrogens with zero attached hydrogens (tertiary/aromatic N) is 4. The Kier molecular flexibility index (Phi) is 4.51. The van der Waals surface area contributed by atoms with Crippen LogP contribution in [-0.2, 0) is 19.0 Å². The molecule has 0 aliphatic carbocycles. The first-order chi connectivity index (χ1) is 12.0. The predicted molar refractivity (Wildman–Crippen MR) is 76.6 cm³/mol. The predicted octanol–water partition coefficient (Wildman–Crippen LogP) is -1.11. The first-order valence-electron chi connectivity index (χ1n) is 6.93. The topological polar surface area (TPSA) is 163 Å². The van der Waals surface area contributed by atoms with Crippen LogP contribution in [0.15, 0.2) is 12.7 Å². The van der Waals surface area contributed by atoms with E-state index in [0.717, 1.165) is 6.33 Å². The zero-order valence-electron chi connectivity index (χ0n) is 12.6. The first-order valence-corrected chi connectivity index (χ1v) is 8.34. The Labute approximate surface area is 143 Å². The van der Waals surface area contributed by atoms with Crippen LogP contribution in [0.2, 0.25) is 0 Å². The minimum absolute atomic E-state index is 0.0398. The Morgan fingerprint density at radius 2 is 1.96 bits per heavy atom. The number of hydrogen-bond acceptors (Lipinski definition) is 10. The van der Waals surface area contributed by atoms with Gasteiger partial charge in [-0.25, -0.2) is 15.0 Å². The fourth-order valence-electron chi connectivity index (χ4n) is 2.38. The van der Waals surface area contributed by atoms with Gasteiger partial charge in [-0.15, -0.1) is 0 Å². The molecular weight excluding hydrogens is 387 g/mol. The Balaban J connectivity index is 1.81. The summed E-state index contributed by atoms with van der Waals surface area (Å²) < 4.78 is 69.0. The number of nitrogens with two attached hydrogens (primary N) is 1. The zero-order valence-corrected chi connectivity index (χ0v) is 13.4. The number of fused-ring (bicyclic) bond motifs is 1. The third-order valence-corrected chi connectivity index (χ3v) is 4.68.